The van der Waals surface area contributed by atoms with E-state index in [9.17, 15) is 4.79 Å². The molecule has 2 fully saturated rings. The van der Waals surface area contributed by atoms with Crippen molar-refractivity contribution in [3.8, 4) is 0 Å². The molecular formula is C18H25BrN2O2. The van der Waals surface area contributed by atoms with Crippen LogP contribution in [0.1, 0.15) is 32.3 Å². The quantitative estimate of drug-likeness (QED) is 0.876. The number of likely N-dealkylation sites (N-methyl/N-ethyl adjacent to an activating group) is 1. The van der Waals surface area contributed by atoms with Gasteiger partial charge in [-0.1, -0.05) is 41.9 Å². The highest BCUT2D eigenvalue weighted by Gasteiger charge is 2.70. The lowest BCUT2D eigenvalue weighted by atomic mass is 9.46. The number of fused-ring (bicyclic) bond motifs is 1. The van der Waals surface area contributed by atoms with E-state index in [1.165, 1.54) is 0 Å². The molecule has 0 aromatic heterocycles. The van der Waals surface area contributed by atoms with Crippen molar-refractivity contribution in [1.82, 2.24) is 4.90 Å². The summed E-state index contributed by atoms with van der Waals surface area (Å²) in [6.45, 7) is 5.47. The number of hydrogen-bond donors (Lipinski definition) is 1. The zero-order valence-corrected chi connectivity index (χ0v) is 15.6. The zero-order chi connectivity index (χ0) is 16.8. The number of halogens is 1. The van der Waals surface area contributed by atoms with Gasteiger partial charge in [0.2, 0.25) is 5.91 Å². The summed E-state index contributed by atoms with van der Waals surface area (Å²) in [6.07, 6.45) is 2.06. The third-order valence-electron chi connectivity index (χ3n) is 5.72. The summed E-state index contributed by atoms with van der Waals surface area (Å²) in [5.74, 6) is 0.156. The lowest BCUT2D eigenvalue weighted by molar-refractivity contribution is -0.229. The SMILES string of the molecule is CN(Cc1ccc(Br)cc1)C(=O)C1(N)C2CCCOC2C1(C)C. The van der Waals surface area contributed by atoms with Crippen LogP contribution >= 0.6 is 15.9 Å². The molecule has 23 heavy (non-hydrogen) atoms. The molecule has 1 aromatic rings. The monoisotopic (exact) mass is 380 g/mol. The molecule has 5 heteroatoms. The van der Waals surface area contributed by atoms with Crippen LogP contribution in [-0.2, 0) is 16.1 Å². The molecule has 3 atom stereocenters. The van der Waals surface area contributed by atoms with Crippen molar-refractivity contribution in [2.24, 2.45) is 17.1 Å². The summed E-state index contributed by atoms with van der Waals surface area (Å²) >= 11 is 3.43. The Balaban J connectivity index is 1.77. The number of carbonyl (C=O) groups excluding carboxylic acids is 1. The first-order valence-corrected chi connectivity index (χ1v) is 8.98. The topological polar surface area (TPSA) is 55.6 Å². The van der Waals surface area contributed by atoms with Crippen molar-refractivity contribution in [3.63, 3.8) is 0 Å². The number of nitrogens with zero attached hydrogens (tertiary/aromatic N) is 1. The molecule has 3 unspecified atom stereocenters. The van der Waals surface area contributed by atoms with Crippen LogP contribution in [0.2, 0.25) is 0 Å². The number of hydrogen-bond acceptors (Lipinski definition) is 3. The van der Waals surface area contributed by atoms with E-state index in [1.807, 2.05) is 31.3 Å². The van der Waals surface area contributed by atoms with Crippen molar-refractivity contribution < 1.29 is 9.53 Å². The van der Waals surface area contributed by atoms with Gasteiger partial charge in [0.05, 0.1) is 6.10 Å². The highest BCUT2D eigenvalue weighted by molar-refractivity contribution is 9.10. The van der Waals surface area contributed by atoms with E-state index < -0.39 is 5.54 Å². The predicted molar refractivity (Wildman–Crippen MR) is 93.8 cm³/mol. The fourth-order valence-corrected chi connectivity index (χ4v) is 4.53. The first kappa shape index (κ1) is 16.9. The summed E-state index contributed by atoms with van der Waals surface area (Å²) in [5.41, 5.74) is 6.62. The van der Waals surface area contributed by atoms with Gasteiger partial charge in [-0.25, -0.2) is 0 Å². The van der Waals surface area contributed by atoms with Gasteiger partial charge in [0.1, 0.15) is 5.54 Å². The van der Waals surface area contributed by atoms with Gasteiger partial charge in [0.25, 0.3) is 0 Å². The van der Waals surface area contributed by atoms with Gasteiger partial charge in [-0.15, -0.1) is 0 Å². The predicted octanol–water partition coefficient (Wildman–Crippen LogP) is 2.94. The third kappa shape index (κ3) is 2.53. The molecule has 1 saturated heterocycles. The Morgan fingerprint density at radius 2 is 2.04 bits per heavy atom. The molecule has 1 aromatic carbocycles. The van der Waals surface area contributed by atoms with Crippen molar-refractivity contribution >= 4 is 21.8 Å². The van der Waals surface area contributed by atoms with E-state index in [4.69, 9.17) is 10.5 Å². The van der Waals surface area contributed by atoms with Crippen molar-refractivity contribution in [1.29, 1.82) is 0 Å². The maximum absolute atomic E-state index is 13.1. The molecule has 1 aliphatic heterocycles. The second-order valence-electron chi connectivity index (χ2n) is 7.42. The fraction of sp³-hybridized carbons (Fsp3) is 0.611. The molecule has 2 aliphatic rings. The summed E-state index contributed by atoms with van der Waals surface area (Å²) in [7, 11) is 1.84. The van der Waals surface area contributed by atoms with E-state index in [0.29, 0.717) is 6.54 Å². The van der Waals surface area contributed by atoms with Crippen molar-refractivity contribution in [2.75, 3.05) is 13.7 Å². The highest BCUT2D eigenvalue weighted by atomic mass is 79.9. The second-order valence-corrected chi connectivity index (χ2v) is 8.33. The second kappa shape index (κ2) is 5.87. The first-order valence-electron chi connectivity index (χ1n) is 8.19. The van der Waals surface area contributed by atoms with Crippen LogP contribution in [0.4, 0.5) is 0 Å². The maximum atomic E-state index is 13.1. The molecular weight excluding hydrogens is 356 g/mol. The van der Waals surface area contributed by atoms with Crippen LogP contribution in [0, 0.1) is 11.3 Å². The van der Waals surface area contributed by atoms with E-state index in [-0.39, 0.29) is 23.3 Å². The minimum atomic E-state index is -0.831. The minimum Gasteiger partial charge on any atom is -0.377 e. The van der Waals surface area contributed by atoms with Crippen LogP contribution in [-0.4, -0.2) is 36.1 Å². The van der Waals surface area contributed by atoms with Gasteiger partial charge in [-0.3, -0.25) is 4.79 Å². The summed E-state index contributed by atoms with van der Waals surface area (Å²) < 4.78 is 6.93. The highest BCUT2D eigenvalue weighted by Crippen LogP contribution is 2.57. The Morgan fingerprint density at radius 3 is 2.70 bits per heavy atom. The molecule has 0 spiro atoms. The van der Waals surface area contributed by atoms with Gasteiger partial charge >= 0.3 is 0 Å². The Kier molecular flexibility index (Phi) is 4.32. The molecule has 1 aliphatic carbocycles. The number of carbonyl (C=O) groups is 1. The molecule has 4 nitrogen and oxygen atoms in total. The molecule has 1 heterocycles. The summed E-state index contributed by atoms with van der Waals surface area (Å²) in [4.78, 5) is 14.9. The molecule has 2 N–H and O–H groups in total. The van der Waals surface area contributed by atoms with Gasteiger partial charge in [0, 0.05) is 36.0 Å². The summed E-state index contributed by atoms with van der Waals surface area (Å²) in [5, 5.41) is 0. The number of nitrogens with two attached hydrogens (primary N) is 1. The van der Waals surface area contributed by atoms with Crippen LogP contribution in [0.3, 0.4) is 0 Å². The molecule has 0 bridgehead atoms. The Labute approximate surface area is 146 Å². The number of amides is 1. The lowest BCUT2D eigenvalue weighted by Gasteiger charge is -2.65. The van der Waals surface area contributed by atoms with Gasteiger partial charge in [0.15, 0.2) is 0 Å². The molecule has 1 saturated carbocycles. The third-order valence-corrected chi connectivity index (χ3v) is 6.25. The van der Waals surface area contributed by atoms with Gasteiger partial charge in [-0.05, 0) is 30.5 Å². The summed E-state index contributed by atoms with van der Waals surface area (Å²) in [6, 6.07) is 8.03. The number of benzene rings is 1. The smallest absolute Gasteiger partial charge is 0.243 e. The van der Waals surface area contributed by atoms with Crippen LogP contribution in [0.15, 0.2) is 28.7 Å². The van der Waals surface area contributed by atoms with Crippen molar-refractivity contribution in [2.45, 2.75) is 44.9 Å². The Bertz CT molecular complexity index is 602. The van der Waals surface area contributed by atoms with Gasteiger partial charge < -0.3 is 15.4 Å². The minimum absolute atomic E-state index is 0.0252. The fourth-order valence-electron chi connectivity index (χ4n) is 4.26. The molecule has 3 rings (SSSR count). The molecule has 1 amide bonds. The van der Waals surface area contributed by atoms with Crippen molar-refractivity contribution in [3.05, 3.63) is 34.3 Å². The molecule has 0 radical (unpaired) electrons. The average molecular weight is 381 g/mol. The molecule has 126 valence electrons. The van der Waals surface area contributed by atoms with E-state index in [1.54, 1.807) is 4.90 Å². The lowest BCUT2D eigenvalue weighted by Crippen LogP contribution is -2.82. The first-order chi connectivity index (χ1) is 10.8. The Hall–Kier alpha value is -0.910. The van der Waals surface area contributed by atoms with Gasteiger partial charge in [-0.2, -0.15) is 0 Å². The number of ether oxygens (including phenoxy) is 1. The Morgan fingerprint density at radius 1 is 1.39 bits per heavy atom. The van der Waals surface area contributed by atoms with E-state index in [0.717, 1.165) is 29.5 Å². The van der Waals surface area contributed by atoms with Crippen LogP contribution in [0.25, 0.3) is 0 Å². The average Bonchev–Trinajstić information content (AvgIpc) is 2.55. The van der Waals surface area contributed by atoms with Crippen LogP contribution in [0.5, 0.6) is 0 Å². The van der Waals surface area contributed by atoms with E-state index >= 15 is 0 Å². The van der Waals surface area contributed by atoms with E-state index in [2.05, 4.69) is 29.8 Å². The zero-order valence-electron chi connectivity index (χ0n) is 14.0. The van der Waals surface area contributed by atoms with Crippen LogP contribution < -0.4 is 5.73 Å². The normalized spacial score (nSPS) is 31.9. The standard InChI is InChI=1S/C18H25BrN2O2/c1-17(2)15-14(5-4-10-23-15)18(17,20)16(22)21(3)11-12-6-8-13(19)9-7-12/h6-9,14-15H,4-5,10-11,20H2,1-3H3. The maximum Gasteiger partial charge on any atom is 0.243 e. The number of rotatable bonds is 3. The largest absolute Gasteiger partial charge is 0.377 e.